The number of carbonyl (C=O) groups is 3. The van der Waals surface area contributed by atoms with Crippen molar-refractivity contribution in [2.75, 3.05) is 17.3 Å². The van der Waals surface area contributed by atoms with Gasteiger partial charge < -0.3 is 14.8 Å². The number of methoxy groups -OCH3 is 1. The van der Waals surface area contributed by atoms with Crippen LogP contribution in [0.1, 0.15) is 24.2 Å². The Labute approximate surface area is 172 Å². The number of esters is 1. The molecule has 0 bridgehead atoms. The molecule has 0 unspecified atom stereocenters. The number of rotatable bonds is 6. The summed E-state index contributed by atoms with van der Waals surface area (Å²) in [4.78, 5) is 38.4. The molecule has 0 fully saturated rings. The van der Waals surface area contributed by atoms with Crippen molar-refractivity contribution < 1.29 is 23.9 Å². The predicted molar refractivity (Wildman–Crippen MR) is 109 cm³/mol. The Hall–Kier alpha value is -3.32. The van der Waals surface area contributed by atoms with Crippen molar-refractivity contribution in [2.24, 2.45) is 0 Å². The Morgan fingerprint density at radius 1 is 1.07 bits per heavy atom. The molecule has 1 N–H and O–H groups in total. The van der Waals surface area contributed by atoms with E-state index in [9.17, 15) is 14.4 Å². The van der Waals surface area contributed by atoms with Crippen LogP contribution in [0.5, 0.6) is 5.75 Å². The van der Waals surface area contributed by atoms with Gasteiger partial charge in [-0.3, -0.25) is 9.59 Å². The monoisotopic (exact) mass is 414 g/mol. The Morgan fingerprint density at radius 2 is 1.76 bits per heavy atom. The minimum Gasteiger partial charge on any atom is -0.497 e. The number of amides is 2. The highest BCUT2D eigenvalue weighted by atomic mass is 35.5. The van der Waals surface area contributed by atoms with Crippen LogP contribution < -0.4 is 15.0 Å². The van der Waals surface area contributed by atoms with Crippen molar-refractivity contribution in [3.63, 3.8) is 0 Å². The van der Waals surface area contributed by atoms with Crippen LogP contribution in [0.3, 0.4) is 0 Å². The molecule has 2 aromatic carbocycles. The van der Waals surface area contributed by atoms with Crippen LogP contribution in [-0.4, -0.2) is 31.0 Å². The van der Waals surface area contributed by atoms with Gasteiger partial charge in [0.25, 0.3) is 11.8 Å². The highest BCUT2D eigenvalue weighted by Crippen LogP contribution is 2.31. The molecular formula is C21H19ClN2O5. The summed E-state index contributed by atoms with van der Waals surface area (Å²) in [5.41, 5.74) is 1.03. The van der Waals surface area contributed by atoms with Crippen LogP contribution >= 0.6 is 11.6 Å². The fourth-order valence-corrected chi connectivity index (χ4v) is 2.94. The molecule has 0 radical (unpaired) electrons. The summed E-state index contributed by atoms with van der Waals surface area (Å²) in [7, 11) is 1.52. The maximum absolute atomic E-state index is 12.8. The summed E-state index contributed by atoms with van der Waals surface area (Å²) in [6, 6.07) is 12.9. The number of anilines is 2. The Morgan fingerprint density at radius 3 is 2.38 bits per heavy atom. The van der Waals surface area contributed by atoms with Crippen LogP contribution in [0.25, 0.3) is 0 Å². The van der Waals surface area contributed by atoms with E-state index in [-0.39, 0.29) is 16.8 Å². The van der Waals surface area contributed by atoms with Gasteiger partial charge in [-0.1, -0.05) is 17.7 Å². The van der Waals surface area contributed by atoms with Gasteiger partial charge in [-0.2, -0.15) is 0 Å². The minimum atomic E-state index is -0.639. The first-order chi connectivity index (χ1) is 13.8. The van der Waals surface area contributed by atoms with Crippen LogP contribution in [0.15, 0.2) is 59.3 Å². The molecule has 0 aromatic heterocycles. The zero-order valence-corrected chi connectivity index (χ0v) is 16.8. The van der Waals surface area contributed by atoms with Crippen molar-refractivity contribution in [3.05, 3.63) is 64.8 Å². The maximum Gasteiger partial charge on any atom is 0.338 e. The van der Waals surface area contributed by atoms with Crippen LogP contribution in [0, 0.1) is 0 Å². The molecule has 1 aliphatic heterocycles. The van der Waals surface area contributed by atoms with Gasteiger partial charge in [0.05, 0.1) is 24.5 Å². The van der Waals surface area contributed by atoms with E-state index in [1.54, 1.807) is 56.3 Å². The highest BCUT2D eigenvalue weighted by Gasteiger charge is 2.39. The number of carbonyl (C=O) groups excluding carboxylic acids is 3. The molecule has 29 heavy (non-hydrogen) atoms. The number of hydrogen-bond donors (Lipinski definition) is 1. The number of halogens is 1. The van der Waals surface area contributed by atoms with E-state index in [0.717, 1.165) is 4.90 Å². The first kappa shape index (κ1) is 20.4. The second-order valence-corrected chi connectivity index (χ2v) is 6.87. The van der Waals surface area contributed by atoms with Crippen LogP contribution in [0.4, 0.5) is 11.4 Å². The largest absolute Gasteiger partial charge is 0.497 e. The zero-order valence-electron chi connectivity index (χ0n) is 16.1. The molecular weight excluding hydrogens is 396 g/mol. The maximum atomic E-state index is 12.8. The summed E-state index contributed by atoms with van der Waals surface area (Å²) in [5, 5.41) is 2.61. The van der Waals surface area contributed by atoms with E-state index in [4.69, 9.17) is 21.1 Å². The fraction of sp³-hybridized carbons (Fsp3) is 0.190. The Balaban J connectivity index is 1.83. The lowest BCUT2D eigenvalue weighted by Gasteiger charge is -2.15. The van der Waals surface area contributed by atoms with Crippen molar-refractivity contribution in [1.82, 2.24) is 0 Å². The number of ether oxygens (including phenoxy) is 2. The van der Waals surface area contributed by atoms with Gasteiger partial charge in [0.1, 0.15) is 16.5 Å². The van der Waals surface area contributed by atoms with Gasteiger partial charge in [0.2, 0.25) is 0 Å². The molecule has 0 atom stereocenters. The zero-order chi connectivity index (χ0) is 21.1. The Bertz CT molecular complexity index is 998. The lowest BCUT2D eigenvalue weighted by atomic mass is 10.2. The quantitative estimate of drug-likeness (QED) is 0.573. The summed E-state index contributed by atoms with van der Waals surface area (Å²) in [5.74, 6) is -1.13. The standard InChI is InChI=1S/C21H19ClN2O5/c1-12(2)29-21(27)13-5-4-6-14(11-13)23-18-17(22)19(25)24(20(18)26)15-7-9-16(28-3)10-8-15/h4-12,23H,1-3H3. The molecule has 1 aliphatic rings. The molecule has 8 heteroatoms. The van der Waals surface area contributed by atoms with Gasteiger partial charge in [0.15, 0.2) is 0 Å². The summed E-state index contributed by atoms with van der Waals surface area (Å²) < 4.78 is 10.3. The molecule has 2 amide bonds. The van der Waals surface area contributed by atoms with Crippen molar-refractivity contribution in [2.45, 2.75) is 20.0 Å². The van der Waals surface area contributed by atoms with E-state index in [1.807, 2.05) is 0 Å². The van der Waals surface area contributed by atoms with Crippen molar-refractivity contribution in [3.8, 4) is 5.75 Å². The Kier molecular flexibility index (Phi) is 5.89. The topological polar surface area (TPSA) is 84.9 Å². The van der Waals surface area contributed by atoms with E-state index >= 15 is 0 Å². The second kappa shape index (κ2) is 8.36. The highest BCUT2D eigenvalue weighted by molar-refractivity contribution is 6.53. The smallest absolute Gasteiger partial charge is 0.338 e. The summed E-state index contributed by atoms with van der Waals surface area (Å²) in [6.07, 6.45) is -0.261. The number of benzene rings is 2. The van der Waals surface area contributed by atoms with Crippen molar-refractivity contribution in [1.29, 1.82) is 0 Å². The van der Waals surface area contributed by atoms with Gasteiger partial charge in [-0.15, -0.1) is 0 Å². The molecule has 1 heterocycles. The summed E-state index contributed by atoms with van der Waals surface area (Å²) in [6.45, 7) is 3.50. The number of nitrogens with one attached hydrogen (secondary N) is 1. The third-order valence-electron chi connectivity index (χ3n) is 4.07. The average Bonchev–Trinajstić information content (AvgIpc) is 2.91. The molecule has 0 aliphatic carbocycles. The van der Waals surface area contributed by atoms with E-state index in [0.29, 0.717) is 22.7 Å². The third-order valence-corrected chi connectivity index (χ3v) is 4.42. The van der Waals surface area contributed by atoms with Gasteiger partial charge in [0, 0.05) is 5.69 Å². The fourth-order valence-electron chi connectivity index (χ4n) is 2.73. The molecule has 7 nitrogen and oxygen atoms in total. The lowest BCUT2D eigenvalue weighted by Crippen LogP contribution is -2.32. The SMILES string of the molecule is COc1ccc(N2C(=O)C(Cl)=C(Nc3cccc(C(=O)OC(C)C)c3)C2=O)cc1. The van der Waals surface area contributed by atoms with E-state index in [2.05, 4.69) is 5.32 Å². The molecule has 0 saturated carbocycles. The van der Waals surface area contributed by atoms with E-state index < -0.39 is 17.8 Å². The van der Waals surface area contributed by atoms with E-state index in [1.165, 1.54) is 13.2 Å². The molecule has 0 spiro atoms. The third kappa shape index (κ3) is 4.25. The average molecular weight is 415 g/mol. The van der Waals surface area contributed by atoms with Gasteiger partial charge >= 0.3 is 5.97 Å². The minimum absolute atomic E-state index is 0.0677. The molecule has 0 saturated heterocycles. The van der Waals surface area contributed by atoms with Crippen LogP contribution in [-0.2, 0) is 14.3 Å². The number of nitrogens with zero attached hydrogens (tertiary/aromatic N) is 1. The molecule has 150 valence electrons. The normalized spacial score (nSPS) is 13.9. The predicted octanol–water partition coefficient (Wildman–Crippen LogP) is 3.70. The molecule has 3 rings (SSSR count). The molecule has 2 aromatic rings. The van der Waals surface area contributed by atoms with Crippen molar-refractivity contribution >= 4 is 40.8 Å². The summed E-state index contributed by atoms with van der Waals surface area (Å²) >= 11 is 6.14. The first-order valence-electron chi connectivity index (χ1n) is 8.82. The lowest BCUT2D eigenvalue weighted by molar-refractivity contribution is -0.120. The van der Waals surface area contributed by atoms with Crippen LogP contribution in [0.2, 0.25) is 0 Å². The first-order valence-corrected chi connectivity index (χ1v) is 9.20. The second-order valence-electron chi connectivity index (χ2n) is 6.49. The number of hydrogen-bond acceptors (Lipinski definition) is 6. The number of imide groups is 1. The van der Waals surface area contributed by atoms with Gasteiger partial charge in [-0.25, -0.2) is 9.69 Å². The van der Waals surface area contributed by atoms with Gasteiger partial charge in [-0.05, 0) is 56.3 Å².